The number of nitrogens with two attached hydrogens (primary N) is 1. The van der Waals surface area contributed by atoms with Crippen molar-refractivity contribution in [3.05, 3.63) is 39.9 Å². The van der Waals surface area contributed by atoms with E-state index in [1.165, 1.54) is 6.33 Å². The topological polar surface area (TPSA) is 83.0 Å². The van der Waals surface area contributed by atoms with Crippen LogP contribution in [-0.2, 0) is 17.9 Å². The first-order valence-corrected chi connectivity index (χ1v) is 6.91. The van der Waals surface area contributed by atoms with E-state index in [0.29, 0.717) is 29.2 Å². The number of benzene rings is 1. The minimum Gasteiger partial charge on any atom is -0.454 e. The molecule has 20 heavy (non-hydrogen) atoms. The first-order chi connectivity index (χ1) is 9.52. The van der Waals surface area contributed by atoms with Gasteiger partial charge in [-0.25, -0.2) is 14.5 Å². The van der Waals surface area contributed by atoms with Gasteiger partial charge in [0.25, 0.3) is 0 Å². The number of halogens is 1. The van der Waals surface area contributed by atoms with E-state index in [0.717, 1.165) is 4.47 Å². The Morgan fingerprint density at radius 1 is 1.50 bits per heavy atom. The zero-order valence-electron chi connectivity index (χ0n) is 11.3. The monoisotopic (exact) mass is 338 g/mol. The highest BCUT2D eigenvalue weighted by Gasteiger charge is 2.15. The SMILES string of the molecule is CCn1ncnc1COC(=O)c1cc(Br)cc(N)c1C. The number of hydrogen-bond donors (Lipinski definition) is 1. The summed E-state index contributed by atoms with van der Waals surface area (Å²) in [4.78, 5) is 16.2. The van der Waals surface area contributed by atoms with Gasteiger partial charge in [0.2, 0.25) is 0 Å². The molecule has 0 fully saturated rings. The second kappa shape index (κ2) is 6.04. The Morgan fingerprint density at radius 3 is 2.95 bits per heavy atom. The first-order valence-electron chi connectivity index (χ1n) is 6.12. The number of rotatable bonds is 4. The number of hydrogen-bond acceptors (Lipinski definition) is 5. The lowest BCUT2D eigenvalue weighted by Crippen LogP contribution is -2.12. The van der Waals surface area contributed by atoms with Crippen molar-refractivity contribution in [1.82, 2.24) is 14.8 Å². The molecule has 1 heterocycles. The minimum atomic E-state index is -0.429. The second-order valence-electron chi connectivity index (χ2n) is 4.24. The maximum Gasteiger partial charge on any atom is 0.338 e. The molecule has 0 aliphatic rings. The fraction of sp³-hybridized carbons (Fsp3) is 0.308. The number of anilines is 1. The largest absolute Gasteiger partial charge is 0.454 e. The van der Waals surface area contributed by atoms with Gasteiger partial charge in [0.1, 0.15) is 6.33 Å². The summed E-state index contributed by atoms with van der Waals surface area (Å²) in [6.45, 7) is 4.49. The highest BCUT2D eigenvalue weighted by Crippen LogP contribution is 2.23. The molecule has 2 aromatic rings. The van der Waals surface area contributed by atoms with Crippen molar-refractivity contribution in [1.29, 1.82) is 0 Å². The second-order valence-corrected chi connectivity index (χ2v) is 5.15. The maximum absolute atomic E-state index is 12.1. The number of ether oxygens (including phenoxy) is 1. The molecular formula is C13H15BrN4O2. The molecule has 0 aliphatic heterocycles. The van der Waals surface area contributed by atoms with Crippen LogP contribution in [0.15, 0.2) is 22.9 Å². The summed E-state index contributed by atoms with van der Waals surface area (Å²) < 4.78 is 7.68. The molecule has 0 bridgehead atoms. The van der Waals surface area contributed by atoms with Crippen LogP contribution in [-0.4, -0.2) is 20.7 Å². The molecule has 0 atom stereocenters. The average Bonchev–Trinajstić information content (AvgIpc) is 2.87. The van der Waals surface area contributed by atoms with Gasteiger partial charge in [0, 0.05) is 16.7 Å². The van der Waals surface area contributed by atoms with E-state index in [4.69, 9.17) is 10.5 Å². The van der Waals surface area contributed by atoms with Gasteiger partial charge in [0.15, 0.2) is 12.4 Å². The Bertz CT molecular complexity index is 639. The van der Waals surface area contributed by atoms with Crippen LogP contribution in [0.3, 0.4) is 0 Å². The van der Waals surface area contributed by atoms with Gasteiger partial charge in [-0.15, -0.1) is 0 Å². The summed E-state index contributed by atoms with van der Waals surface area (Å²) >= 11 is 3.31. The van der Waals surface area contributed by atoms with E-state index in [1.807, 2.05) is 6.92 Å². The minimum absolute atomic E-state index is 0.0819. The Labute approximate surface area is 125 Å². The molecule has 0 saturated carbocycles. The predicted octanol–water partition coefficient (Wildman–Crippen LogP) is 2.31. The molecule has 1 aromatic carbocycles. The summed E-state index contributed by atoms with van der Waals surface area (Å²) in [5, 5.41) is 4.02. The average molecular weight is 339 g/mol. The molecular weight excluding hydrogens is 324 g/mol. The molecule has 0 unspecified atom stereocenters. The third kappa shape index (κ3) is 2.98. The van der Waals surface area contributed by atoms with E-state index in [9.17, 15) is 4.79 Å². The van der Waals surface area contributed by atoms with Crippen LogP contribution in [0.5, 0.6) is 0 Å². The molecule has 106 valence electrons. The number of aryl methyl sites for hydroxylation is 1. The van der Waals surface area contributed by atoms with Crippen LogP contribution in [0.4, 0.5) is 5.69 Å². The van der Waals surface area contributed by atoms with Crippen LogP contribution in [0.1, 0.15) is 28.7 Å². The van der Waals surface area contributed by atoms with Crippen LogP contribution in [0.2, 0.25) is 0 Å². The van der Waals surface area contributed by atoms with Gasteiger partial charge in [0.05, 0.1) is 5.56 Å². The quantitative estimate of drug-likeness (QED) is 0.683. The number of aromatic nitrogens is 3. The van der Waals surface area contributed by atoms with E-state index >= 15 is 0 Å². The zero-order valence-corrected chi connectivity index (χ0v) is 12.8. The molecule has 2 N–H and O–H groups in total. The summed E-state index contributed by atoms with van der Waals surface area (Å²) in [7, 11) is 0. The molecule has 1 aromatic heterocycles. The van der Waals surface area contributed by atoms with E-state index in [-0.39, 0.29) is 6.61 Å². The summed E-state index contributed by atoms with van der Waals surface area (Å²) in [5.41, 5.74) is 7.52. The van der Waals surface area contributed by atoms with Crippen molar-refractivity contribution >= 4 is 27.6 Å². The van der Waals surface area contributed by atoms with Crippen molar-refractivity contribution in [3.63, 3.8) is 0 Å². The normalized spacial score (nSPS) is 10.6. The lowest BCUT2D eigenvalue weighted by atomic mass is 10.1. The van der Waals surface area contributed by atoms with Crippen LogP contribution < -0.4 is 5.73 Å². The number of esters is 1. The molecule has 6 nitrogen and oxygen atoms in total. The Hall–Kier alpha value is -1.89. The van der Waals surface area contributed by atoms with Gasteiger partial charge >= 0.3 is 5.97 Å². The third-order valence-corrected chi connectivity index (χ3v) is 3.42. The van der Waals surface area contributed by atoms with Crippen molar-refractivity contribution in [3.8, 4) is 0 Å². The summed E-state index contributed by atoms with van der Waals surface area (Å²) in [6, 6.07) is 3.44. The smallest absolute Gasteiger partial charge is 0.338 e. The highest BCUT2D eigenvalue weighted by atomic mass is 79.9. The van der Waals surface area contributed by atoms with Crippen molar-refractivity contribution < 1.29 is 9.53 Å². The van der Waals surface area contributed by atoms with Gasteiger partial charge in [-0.1, -0.05) is 15.9 Å². The van der Waals surface area contributed by atoms with Crippen molar-refractivity contribution in [2.24, 2.45) is 0 Å². The number of carbonyl (C=O) groups excluding carboxylic acids is 1. The van der Waals surface area contributed by atoms with E-state index in [1.54, 1.807) is 23.7 Å². The Balaban J connectivity index is 2.13. The van der Waals surface area contributed by atoms with Crippen LogP contribution >= 0.6 is 15.9 Å². The fourth-order valence-electron chi connectivity index (χ4n) is 1.78. The molecule has 0 aliphatic carbocycles. The zero-order chi connectivity index (χ0) is 14.7. The molecule has 0 saturated heterocycles. The number of nitrogens with zero attached hydrogens (tertiary/aromatic N) is 3. The van der Waals surface area contributed by atoms with Crippen LogP contribution in [0, 0.1) is 6.92 Å². The highest BCUT2D eigenvalue weighted by molar-refractivity contribution is 9.10. The molecule has 0 spiro atoms. The van der Waals surface area contributed by atoms with Crippen LogP contribution in [0.25, 0.3) is 0 Å². The van der Waals surface area contributed by atoms with E-state index in [2.05, 4.69) is 26.0 Å². The molecule has 2 rings (SSSR count). The predicted molar refractivity (Wildman–Crippen MR) is 78.1 cm³/mol. The molecule has 7 heteroatoms. The number of carbonyl (C=O) groups is 1. The van der Waals surface area contributed by atoms with Gasteiger partial charge < -0.3 is 10.5 Å². The third-order valence-electron chi connectivity index (χ3n) is 2.96. The summed E-state index contributed by atoms with van der Waals surface area (Å²) in [6.07, 6.45) is 1.44. The first kappa shape index (κ1) is 14.5. The van der Waals surface area contributed by atoms with Gasteiger partial charge in [-0.3, -0.25) is 0 Å². The van der Waals surface area contributed by atoms with E-state index < -0.39 is 5.97 Å². The van der Waals surface area contributed by atoms with Gasteiger partial charge in [-0.2, -0.15) is 5.10 Å². The van der Waals surface area contributed by atoms with Crippen molar-refractivity contribution in [2.45, 2.75) is 27.0 Å². The lowest BCUT2D eigenvalue weighted by Gasteiger charge is -2.10. The Kier molecular flexibility index (Phi) is 4.39. The fourth-order valence-corrected chi connectivity index (χ4v) is 2.26. The molecule has 0 radical (unpaired) electrons. The molecule has 0 amide bonds. The lowest BCUT2D eigenvalue weighted by molar-refractivity contribution is 0.0456. The maximum atomic E-state index is 12.1. The Morgan fingerprint density at radius 2 is 2.25 bits per heavy atom. The van der Waals surface area contributed by atoms with Crippen molar-refractivity contribution in [2.75, 3.05) is 5.73 Å². The standard InChI is InChI=1S/C13H15BrN4O2/c1-3-18-12(16-7-17-18)6-20-13(19)10-4-9(14)5-11(15)8(10)2/h4-5,7H,3,6,15H2,1-2H3. The number of nitrogen functional groups attached to an aromatic ring is 1. The van der Waals surface area contributed by atoms with Gasteiger partial charge in [-0.05, 0) is 31.5 Å². The summed E-state index contributed by atoms with van der Waals surface area (Å²) in [5.74, 6) is 0.183.